The molecule has 0 aliphatic carbocycles. The molecule has 1 aliphatic heterocycles. The van der Waals surface area contributed by atoms with E-state index in [2.05, 4.69) is 55.5 Å². The average molecular weight is 580 g/mol. The Hall–Kier alpha value is -4.15. The average Bonchev–Trinajstić information content (AvgIpc) is 3.65. The first-order valence-corrected chi connectivity index (χ1v) is 14.1. The predicted molar refractivity (Wildman–Crippen MR) is 153 cm³/mol. The number of anilines is 2. The molecule has 1 fully saturated rings. The molecule has 0 unspecified atom stereocenters. The predicted octanol–water partition coefficient (Wildman–Crippen LogP) is 5.36. The lowest BCUT2D eigenvalue weighted by Gasteiger charge is -2.33. The molecule has 4 N–H and O–H groups in total. The molecule has 0 bridgehead atoms. The van der Waals surface area contributed by atoms with Crippen molar-refractivity contribution in [1.82, 2.24) is 29.6 Å². The number of piperidine rings is 1. The molecule has 0 atom stereocenters. The summed E-state index contributed by atoms with van der Waals surface area (Å²) in [6.45, 7) is 5.15. The van der Waals surface area contributed by atoms with Crippen LogP contribution in [0.4, 0.5) is 24.9 Å². The lowest BCUT2D eigenvalue weighted by molar-refractivity contribution is -0.126. The van der Waals surface area contributed by atoms with Crippen molar-refractivity contribution in [2.24, 2.45) is 0 Å². The third-order valence-electron chi connectivity index (χ3n) is 7.63. The second-order valence-corrected chi connectivity index (χ2v) is 11.6. The highest BCUT2D eigenvalue weighted by molar-refractivity contribution is 7.18. The van der Waals surface area contributed by atoms with E-state index in [1.807, 2.05) is 16.7 Å². The van der Waals surface area contributed by atoms with Crippen LogP contribution in [0.5, 0.6) is 0 Å². The van der Waals surface area contributed by atoms with Crippen molar-refractivity contribution in [3.05, 3.63) is 63.9 Å². The van der Waals surface area contributed by atoms with E-state index >= 15 is 0 Å². The third-order valence-corrected chi connectivity index (χ3v) is 8.66. The number of halogens is 3. The Bertz CT molecular complexity index is 1740. The van der Waals surface area contributed by atoms with Crippen LogP contribution < -0.4 is 11.1 Å². The van der Waals surface area contributed by atoms with E-state index in [0.29, 0.717) is 28.3 Å². The molecule has 0 spiro atoms. The Balaban J connectivity index is 1.13. The number of rotatable bonds is 7. The largest absolute Gasteiger partial charge is 0.393 e. The fourth-order valence-electron chi connectivity index (χ4n) is 5.55. The van der Waals surface area contributed by atoms with Gasteiger partial charge in [0.1, 0.15) is 22.4 Å². The van der Waals surface area contributed by atoms with E-state index < -0.39 is 12.6 Å². The maximum Gasteiger partial charge on any atom is 0.393 e. The molecule has 212 valence electrons. The van der Waals surface area contributed by atoms with Crippen LogP contribution in [-0.2, 0) is 19.5 Å². The highest BCUT2D eigenvalue weighted by atomic mass is 32.1. The Morgan fingerprint density at radius 3 is 2.66 bits per heavy atom. The summed E-state index contributed by atoms with van der Waals surface area (Å²) in [5.74, 6) is 0.534. The van der Waals surface area contributed by atoms with Crippen LogP contribution in [0, 0.1) is 18.3 Å². The number of hydrogen-bond acceptors (Lipinski definition) is 8. The zero-order valence-corrected chi connectivity index (χ0v) is 23.1. The molecule has 13 heteroatoms. The number of nitrogens with two attached hydrogens (primary N) is 1. The number of alkyl halides is 3. The Morgan fingerprint density at radius 1 is 1.15 bits per heavy atom. The lowest BCUT2D eigenvalue weighted by atomic mass is 10.0. The molecule has 9 nitrogen and oxygen atoms in total. The summed E-state index contributed by atoms with van der Waals surface area (Å²) in [7, 11) is 0. The smallest absolute Gasteiger partial charge is 0.368 e. The van der Waals surface area contributed by atoms with Crippen molar-refractivity contribution in [2.45, 2.75) is 51.5 Å². The van der Waals surface area contributed by atoms with Crippen molar-refractivity contribution in [1.29, 1.82) is 5.26 Å². The fourth-order valence-corrected chi connectivity index (χ4v) is 6.62. The number of aryl methyl sites for hydroxylation is 1. The van der Waals surface area contributed by atoms with Crippen LogP contribution >= 0.6 is 11.3 Å². The maximum absolute atomic E-state index is 12.9. The second-order valence-electron chi connectivity index (χ2n) is 10.4. The fraction of sp³-hybridized carbons (Fsp3) is 0.357. The van der Waals surface area contributed by atoms with E-state index in [1.165, 1.54) is 11.6 Å². The molecule has 1 saturated heterocycles. The van der Waals surface area contributed by atoms with Gasteiger partial charge < -0.3 is 15.6 Å². The molecule has 6 rings (SSSR count). The molecule has 5 heterocycles. The topological polar surface area (TPSA) is 124 Å². The molecule has 5 aromatic rings. The number of nitrogen functional groups attached to an aromatic ring is 1. The van der Waals surface area contributed by atoms with Gasteiger partial charge in [0.25, 0.3) is 0 Å². The highest BCUT2D eigenvalue weighted by Gasteiger charge is 2.29. The Morgan fingerprint density at radius 2 is 1.95 bits per heavy atom. The van der Waals surface area contributed by atoms with Crippen molar-refractivity contribution >= 4 is 44.2 Å². The normalized spacial score (nSPS) is 15.1. The van der Waals surface area contributed by atoms with Crippen LogP contribution in [0.25, 0.3) is 21.1 Å². The second kappa shape index (κ2) is 10.7. The molecule has 0 amide bonds. The van der Waals surface area contributed by atoms with Gasteiger partial charge in [0, 0.05) is 47.7 Å². The van der Waals surface area contributed by atoms with Gasteiger partial charge in [-0.2, -0.15) is 28.5 Å². The van der Waals surface area contributed by atoms with Crippen LogP contribution in [0.3, 0.4) is 0 Å². The highest BCUT2D eigenvalue weighted by Crippen LogP contribution is 2.34. The summed E-state index contributed by atoms with van der Waals surface area (Å²) in [6, 6.07) is 12.0. The SMILES string of the molecule is Cc1c(CN2CCC(Nc3nc(N)nc4sc(CC(F)(F)F)cc34)CC2)ccc2c1cc(C#N)n2Cc1ccn[nH]1. The minimum Gasteiger partial charge on any atom is -0.368 e. The molecule has 4 aromatic heterocycles. The number of nitrogens with zero attached hydrogens (tertiary/aromatic N) is 6. The minimum atomic E-state index is -4.29. The minimum absolute atomic E-state index is 0.0432. The molecule has 1 aromatic carbocycles. The van der Waals surface area contributed by atoms with E-state index in [1.54, 1.807) is 6.20 Å². The van der Waals surface area contributed by atoms with Crippen LogP contribution in [0.15, 0.2) is 36.5 Å². The number of fused-ring (bicyclic) bond motifs is 2. The first-order chi connectivity index (χ1) is 19.7. The van der Waals surface area contributed by atoms with Gasteiger partial charge in [0.05, 0.1) is 24.0 Å². The van der Waals surface area contributed by atoms with Gasteiger partial charge in [-0.1, -0.05) is 6.07 Å². The zero-order valence-electron chi connectivity index (χ0n) is 22.3. The van der Waals surface area contributed by atoms with E-state index in [4.69, 9.17) is 5.73 Å². The van der Waals surface area contributed by atoms with Crippen LogP contribution in [-0.4, -0.2) is 54.9 Å². The summed E-state index contributed by atoms with van der Waals surface area (Å²) in [4.78, 5) is 11.5. The maximum atomic E-state index is 12.9. The van der Waals surface area contributed by atoms with E-state index in [9.17, 15) is 18.4 Å². The summed E-state index contributed by atoms with van der Waals surface area (Å²) in [6.07, 6.45) is -1.87. The number of likely N-dealkylation sites (tertiary alicyclic amines) is 1. The van der Waals surface area contributed by atoms with Gasteiger partial charge in [-0.3, -0.25) is 10.00 Å². The molecular weight excluding hydrogens is 551 g/mol. The van der Waals surface area contributed by atoms with Crippen molar-refractivity contribution in [3.8, 4) is 6.07 Å². The number of hydrogen-bond donors (Lipinski definition) is 3. The summed E-state index contributed by atoms with van der Waals surface area (Å²) in [5, 5.41) is 21.8. The van der Waals surface area contributed by atoms with Crippen molar-refractivity contribution in [3.63, 3.8) is 0 Å². The zero-order chi connectivity index (χ0) is 28.7. The molecule has 1 aliphatic rings. The molecule has 41 heavy (non-hydrogen) atoms. The van der Waals surface area contributed by atoms with Gasteiger partial charge in [-0.05, 0) is 55.2 Å². The van der Waals surface area contributed by atoms with Crippen LogP contribution in [0.1, 0.15) is 40.2 Å². The summed E-state index contributed by atoms with van der Waals surface area (Å²) in [5.41, 5.74) is 10.8. The first-order valence-electron chi connectivity index (χ1n) is 13.3. The van der Waals surface area contributed by atoms with Gasteiger partial charge >= 0.3 is 6.18 Å². The lowest BCUT2D eigenvalue weighted by Crippen LogP contribution is -2.39. The van der Waals surface area contributed by atoms with Gasteiger partial charge in [0.15, 0.2) is 0 Å². The van der Waals surface area contributed by atoms with Gasteiger partial charge in [-0.15, -0.1) is 11.3 Å². The molecule has 0 saturated carbocycles. The van der Waals surface area contributed by atoms with Crippen LogP contribution in [0.2, 0.25) is 0 Å². The molecular formula is C28H28F3N9S. The molecule has 0 radical (unpaired) electrons. The summed E-state index contributed by atoms with van der Waals surface area (Å²) < 4.78 is 40.8. The Labute approximate surface area is 237 Å². The first kappa shape index (κ1) is 27.0. The number of aromatic amines is 1. The number of aromatic nitrogens is 5. The van der Waals surface area contributed by atoms with Crippen molar-refractivity contribution < 1.29 is 13.2 Å². The quantitative estimate of drug-likeness (QED) is 0.237. The Kier molecular flexibility index (Phi) is 7.04. The standard InChI is InChI=1S/C28H28F3N9S/c1-16-17(2-3-24-22(16)10-20(13-32)40(24)15-19-4-7-34-38-19)14-39-8-5-18(6-9-39)35-25-23-11-21(12-28(29,30)31)41-26(23)37-27(33)36-25/h2-4,7,10-11,18H,5-6,8-9,12,14-15H2,1H3,(H,34,38)(H3,33,35,36,37). The summed E-state index contributed by atoms with van der Waals surface area (Å²) >= 11 is 1.000. The van der Waals surface area contributed by atoms with Gasteiger partial charge in [-0.25, -0.2) is 4.98 Å². The van der Waals surface area contributed by atoms with Crippen molar-refractivity contribution in [2.75, 3.05) is 24.1 Å². The number of nitrogens with one attached hydrogen (secondary N) is 2. The van der Waals surface area contributed by atoms with E-state index in [0.717, 1.165) is 66.0 Å². The third kappa shape index (κ3) is 5.71. The van der Waals surface area contributed by atoms with E-state index in [-0.39, 0.29) is 16.9 Å². The van der Waals surface area contributed by atoms with Gasteiger partial charge in [0.2, 0.25) is 5.95 Å². The number of thiophene rings is 1. The monoisotopic (exact) mass is 579 g/mol. The number of H-pyrrole nitrogens is 1. The number of benzene rings is 1. The number of nitriles is 1.